The minimum Gasteiger partial charge on any atom is -0.303 e. The van der Waals surface area contributed by atoms with Crippen molar-refractivity contribution in [3.8, 4) is 0 Å². The molecule has 0 aliphatic heterocycles. The fourth-order valence-corrected chi connectivity index (χ4v) is 3.53. The van der Waals surface area contributed by atoms with Gasteiger partial charge in [0.25, 0.3) is 0 Å². The van der Waals surface area contributed by atoms with Crippen LogP contribution in [0.1, 0.15) is 65.2 Å². The summed E-state index contributed by atoms with van der Waals surface area (Å²) < 4.78 is 0. The summed E-state index contributed by atoms with van der Waals surface area (Å²) in [6, 6.07) is 0. The van der Waals surface area contributed by atoms with Crippen LogP contribution in [0.25, 0.3) is 0 Å². The van der Waals surface area contributed by atoms with E-state index >= 15 is 0 Å². The molecule has 6 nitrogen and oxygen atoms in total. The van der Waals surface area contributed by atoms with Gasteiger partial charge in [-0.1, -0.05) is 13.8 Å². The molecule has 6 heteroatoms. The Bertz CT molecular complexity index is 368. The van der Waals surface area contributed by atoms with Crippen LogP contribution >= 0.6 is 0 Å². The fourth-order valence-electron chi connectivity index (χ4n) is 3.53. The molecule has 0 bridgehead atoms. The van der Waals surface area contributed by atoms with Gasteiger partial charge in [0.1, 0.15) is 18.9 Å². The van der Waals surface area contributed by atoms with Gasteiger partial charge in [-0.3, -0.25) is 0 Å². The van der Waals surface area contributed by atoms with Crippen LogP contribution < -0.4 is 0 Å². The average molecular weight is 398 g/mol. The highest BCUT2D eigenvalue weighted by Crippen LogP contribution is 2.04. The molecule has 0 saturated carbocycles. The maximum atomic E-state index is 10.6. The molecule has 0 unspecified atom stereocenters. The standard InChI is InChI=1S/C22H43N3O3/c1-3-11-23(13-5-6-14-24(12-4-2)17-8-20-26)15-7-16-25(18-9-21-27)19-10-22-28/h20-22H,3-19H2,1-2H3. The first-order chi connectivity index (χ1) is 13.7. The molecule has 0 atom stereocenters. The van der Waals surface area contributed by atoms with E-state index in [1.807, 2.05) is 0 Å². The van der Waals surface area contributed by atoms with Gasteiger partial charge in [-0.25, -0.2) is 0 Å². The lowest BCUT2D eigenvalue weighted by Crippen LogP contribution is -2.33. The Balaban J connectivity index is 4.15. The molecule has 0 N–H and O–H groups in total. The summed E-state index contributed by atoms with van der Waals surface area (Å²) in [5, 5.41) is 0. The SMILES string of the molecule is CCCN(CCC=O)CCCCN(CCC)CCCN(CCC=O)CCC=O. The van der Waals surface area contributed by atoms with Crippen molar-refractivity contribution in [3.05, 3.63) is 0 Å². The highest BCUT2D eigenvalue weighted by molar-refractivity contribution is 5.50. The number of hydrogen-bond donors (Lipinski definition) is 0. The first-order valence-corrected chi connectivity index (χ1v) is 11.2. The lowest BCUT2D eigenvalue weighted by Gasteiger charge is -2.25. The van der Waals surface area contributed by atoms with Crippen LogP contribution in [-0.2, 0) is 14.4 Å². The Kier molecular flexibility index (Phi) is 19.8. The second-order valence-electron chi connectivity index (χ2n) is 7.45. The largest absolute Gasteiger partial charge is 0.303 e. The van der Waals surface area contributed by atoms with Gasteiger partial charge in [0, 0.05) is 38.9 Å². The fraction of sp³-hybridized carbons (Fsp3) is 0.864. The number of nitrogens with zero attached hydrogens (tertiary/aromatic N) is 3. The predicted molar refractivity (Wildman–Crippen MR) is 116 cm³/mol. The summed E-state index contributed by atoms with van der Waals surface area (Å²) in [6.07, 6.45) is 10.3. The zero-order valence-electron chi connectivity index (χ0n) is 18.3. The molecule has 0 aromatic heterocycles. The van der Waals surface area contributed by atoms with Crippen LogP contribution in [0.4, 0.5) is 0 Å². The minimum absolute atomic E-state index is 0.538. The quantitative estimate of drug-likeness (QED) is 0.207. The number of carbonyl (C=O) groups excluding carboxylic acids is 3. The minimum atomic E-state index is 0.538. The maximum absolute atomic E-state index is 10.6. The first-order valence-electron chi connectivity index (χ1n) is 11.2. The lowest BCUT2D eigenvalue weighted by atomic mass is 10.2. The van der Waals surface area contributed by atoms with E-state index in [1.54, 1.807) is 0 Å². The van der Waals surface area contributed by atoms with Gasteiger partial charge in [0.2, 0.25) is 0 Å². The van der Waals surface area contributed by atoms with Gasteiger partial charge in [-0.05, 0) is 71.4 Å². The van der Waals surface area contributed by atoms with Crippen molar-refractivity contribution >= 4 is 18.9 Å². The molecule has 0 heterocycles. The third-order valence-corrected chi connectivity index (χ3v) is 4.92. The number of rotatable bonds is 22. The van der Waals surface area contributed by atoms with Crippen molar-refractivity contribution in [2.24, 2.45) is 0 Å². The topological polar surface area (TPSA) is 60.9 Å². The molecule has 0 aromatic rings. The van der Waals surface area contributed by atoms with Gasteiger partial charge < -0.3 is 29.1 Å². The first kappa shape index (κ1) is 26.9. The summed E-state index contributed by atoms with van der Waals surface area (Å²) in [6.45, 7) is 13.2. The van der Waals surface area contributed by atoms with Crippen LogP contribution in [-0.4, -0.2) is 92.5 Å². The molecule has 0 aromatic carbocycles. The van der Waals surface area contributed by atoms with E-state index in [4.69, 9.17) is 0 Å². The van der Waals surface area contributed by atoms with Gasteiger partial charge in [-0.15, -0.1) is 0 Å². The molecule has 28 heavy (non-hydrogen) atoms. The van der Waals surface area contributed by atoms with Crippen molar-refractivity contribution in [2.45, 2.75) is 65.2 Å². The van der Waals surface area contributed by atoms with Crippen LogP contribution in [0.2, 0.25) is 0 Å². The van der Waals surface area contributed by atoms with Crippen molar-refractivity contribution < 1.29 is 14.4 Å². The number of aldehydes is 3. The normalized spacial score (nSPS) is 11.5. The molecule has 0 spiro atoms. The van der Waals surface area contributed by atoms with E-state index in [0.717, 1.165) is 97.0 Å². The summed E-state index contributed by atoms with van der Waals surface area (Å²) >= 11 is 0. The zero-order valence-corrected chi connectivity index (χ0v) is 18.3. The molecule has 164 valence electrons. The molecular formula is C22H43N3O3. The van der Waals surface area contributed by atoms with Gasteiger partial charge in [-0.2, -0.15) is 0 Å². The summed E-state index contributed by atoms with van der Waals surface area (Å²) in [4.78, 5) is 39.0. The van der Waals surface area contributed by atoms with Crippen LogP contribution in [0.3, 0.4) is 0 Å². The monoisotopic (exact) mass is 397 g/mol. The van der Waals surface area contributed by atoms with Crippen molar-refractivity contribution in [1.82, 2.24) is 14.7 Å². The Labute approximate surface area is 172 Å². The van der Waals surface area contributed by atoms with Gasteiger partial charge in [0.05, 0.1) is 0 Å². The summed E-state index contributed by atoms with van der Waals surface area (Å²) in [5.74, 6) is 0. The third kappa shape index (κ3) is 15.9. The van der Waals surface area contributed by atoms with Crippen LogP contribution in [0.15, 0.2) is 0 Å². The smallest absolute Gasteiger partial charge is 0.121 e. The number of carbonyl (C=O) groups is 3. The van der Waals surface area contributed by atoms with Crippen LogP contribution in [0.5, 0.6) is 0 Å². The Morgan fingerprint density at radius 2 is 0.786 bits per heavy atom. The molecule has 0 radical (unpaired) electrons. The second-order valence-corrected chi connectivity index (χ2v) is 7.45. The Hall–Kier alpha value is -1.11. The van der Waals surface area contributed by atoms with E-state index in [1.165, 1.54) is 12.8 Å². The number of hydrogen-bond acceptors (Lipinski definition) is 6. The highest BCUT2D eigenvalue weighted by atomic mass is 16.1. The van der Waals surface area contributed by atoms with Crippen LogP contribution in [0, 0.1) is 0 Å². The zero-order chi connectivity index (χ0) is 20.9. The predicted octanol–water partition coefficient (Wildman–Crippen LogP) is 2.65. The summed E-state index contributed by atoms with van der Waals surface area (Å²) in [5.41, 5.74) is 0. The number of unbranched alkanes of at least 4 members (excludes halogenated alkanes) is 1. The Morgan fingerprint density at radius 3 is 1.14 bits per heavy atom. The molecule has 0 saturated heterocycles. The molecule has 0 fully saturated rings. The van der Waals surface area contributed by atoms with Gasteiger partial charge >= 0.3 is 0 Å². The van der Waals surface area contributed by atoms with Crippen molar-refractivity contribution in [2.75, 3.05) is 58.9 Å². The average Bonchev–Trinajstić information content (AvgIpc) is 2.70. The van der Waals surface area contributed by atoms with E-state index in [9.17, 15) is 14.4 Å². The summed E-state index contributed by atoms with van der Waals surface area (Å²) in [7, 11) is 0. The maximum Gasteiger partial charge on any atom is 0.121 e. The van der Waals surface area contributed by atoms with Crippen molar-refractivity contribution in [3.63, 3.8) is 0 Å². The van der Waals surface area contributed by atoms with E-state index in [2.05, 4.69) is 28.5 Å². The van der Waals surface area contributed by atoms with E-state index < -0.39 is 0 Å². The molecule has 0 amide bonds. The molecule has 0 rings (SSSR count). The third-order valence-electron chi connectivity index (χ3n) is 4.92. The molecule has 0 aliphatic rings. The Morgan fingerprint density at radius 1 is 0.464 bits per heavy atom. The highest BCUT2D eigenvalue weighted by Gasteiger charge is 2.08. The molecular weight excluding hydrogens is 354 g/mol. The van der Waals surface area contributed by atoms with Crippen molar-refractivity contribution in [1.29, 1.82) is 0 Å². The lowest BCUT2D eigenvalue weighted by molar-refractivity contribution is -0.109. The second kappa shape index (κ2) is 20.6. The van der Waals surface area contributed by atoms with Gasteiger partial charge in [0.15, 0.2) is 0 Å². The van der Waals surface area contributed by atoms with E-state index in [0.29, 0.717) is 19.3 Å². The van der Waals surface area contributed by atoms with E-state index in [-0.39, 0.29) is 0 Å². The molecule has 0 aliphatic carbocycles.